The zero-order valence-electron chi connectivity index (χ0n) is 17.8. The van der Waals surface area contributed by atoms with Crippen LogP contribution in [0, 0.1) is 16.7 Å². The monoisotopic (exact) mass is 430 g/mol. The minimum absolute atomic E-state index is 0.0123. The van der Waals surface area contributed by atoms with Crippen molar-refractivity contribution < 1.29 is 17.4 Å². The highest BCUT2D eigenvalue weighted by molar-refractivity contribution is 7.86. The predicted octanol–water partition coefficient (Wildman–Crippen LogP) is 3.01. The largest absolute Gasteiger partial charge is 0.352 e. The van der Waals surface area contributed by atoms with Crippen molar-refractivity contribution in [1.82, 2.24) is 9.97 Å². The molecule has 0 aliphatic rings. The first-order chi connectivity index (χ1) is 13.9. The molecule has 1 heterocycles. The van der Waals surface area contributed by atoms with Crippen LogP contribution < -0.4 is 4.90 Å². The molecule has 2 aromatic rings. The van der Waals surface area contributed by atoms with Gasteiger partial charge in [-0.05, 0) is 29.5 Å². The molecule has 1 atom stereocenters. The number of carbonyl (C=O) groups excluding carboxylic acids is 1. The number of nitrogens with zero attached hydrogens (tertiary/aromatic N) is 4. The van der Waals surface area contributed by atoms with Crippen molar-refractivity contribution in [3.8, 4) is 6.07 Å². The first-order valence-corrected chi connectivity index (χ1v) is 11.2. The summed E-state index contributed by atoms with van der Waals surface area (Å²) in [5, 5.41) is 9.10. The molecule has 0 N–H and O–H groups in total. The predicted molar refractivity (Wildman–Crippen MR) is 113 cm³/mol. The number of hydrogen-bond acceptors (Lipinski definition) is 8. The van der Waals surface area contributed by atoms with Gasteiger partial charge in [-0.3, -0.25) is 4.79 Å². The van der Waals surface area contributed by atoms with Crippen LogP contribution in [-0.4, -0.2) is 37.2 Å². The lowest BCUT2D eigenvalue weighted by molar-refractivity contribution is -0.135. The molecular formula is C21H26N4O4S. The van der Waals surface area contributed by atoms with Gasteiger partial charge in [0.25, 0.3) is 0 Å². The maximum absolute atomic E-state index is 12.0. The molecule has 0 spiro atoms. The third-order valence-corrected chi connectivity index (χ3v) is 4.64. The molecule has 0 bridgehead atoms. The van der Waals surface area contributed by atoms with Gasteiger partial charge in [-0.25, -0.2) is 9.97 Å². The molecule has 0 aliphatic heterocycles. The Morgan fingerprint density at radius 2 is 1.87 bits per heavy atom. The number of anilines is 1. The highest BCUT2D eigenvalue weighted by Crippen LogP contribution is 2.24. The second-order valence-corrected chi connectivity index (χ2v) is 9.91. The second kappa shape index (κ2) is 9.22. The van der Waals surface area contributed by atoms with E-state index in [1.54, 1.807) is 31.3 Å². The second-order valence-electron chi connectivity index (χ2n) is 8.34. The van der Waals surface area contributed by atoms with E-state index in [1.807, 2.05) is 18.2 Å². The van der Waals surface area contributed by atoms with E-state index in [9.17, 15) is 13.2 Å². The lowest BCUT2D eigenvalue weighted by atomic mass is 9.95. The third-order valence-electron chi connectivity index (χ3n) is 4.17. The van der Waals surface area contributed by atoms with Gasteiger partial charge in [0.2, 0.25) is 5.82 Å². The molecule has 0 amide bonds. The quantitative estimate of drug-likeness (QED) is 0.616. The summed E-state index contributed by atoms with van der Waals surface area (Å²) >= 11 is 0. The third kappa shape index (κ3) is 7.12. The molecule has 0 fully saturated rings. The van der Waals surface area contributed by atoms with Gasteiger partial charge >= 0.3 is 16.1 Å². The van der Waals surface area contributed by atoms with Crippen LogP contribution in [0.5, 0.6) is 0 Å². The topological polar surface area (TPSA) is 113 Å². The lowest BCUT2D eigenvalue weighted by Gasteiger charge is -2.31. The van der Waals surface area contributed by atoms with E-state index in [2.05, 4.69) is 39.8 Å². The summed E-state index contributed by atoms with van der Waals surface area (Å²) in [6, 6.07) is 11.0. The van der Waals surface area contributed by atoms with Crippen molar-refractivity contribution in [1.29, 1.82) is 5.26 Å². The number of benzene rings is 1. The average Bonchev–Trinajstić information content (AvgIpc) is 2.65. The first kappa shape index (κ1) is 23.3. The maximum Gasteiger partial charge on any atom is 0.329 e. The molecule has 0 radical (unpaired) electrons. The molecule has 0 saturated carbocycles. The van der Waals surface area contributed by atoms with Crippen LogP contribution in [0.25, 0.3) is 0 Å². The number of carbonyl (C=O) groups is 1. The van der Waals surface area contributed by atoms with Gasteiger partial charge in [0.1, 0.15) is 11.9 Å². The molecular weight excluding hydrogens is 404 g/mol. The average molecular weight is 431 g/mol. The Labute approximate surface area is 177 Å². The van der Waals surface area contributed by atoms with Gasteiger partial charge in [0.05, 0.1) is 12.2 Å². The van der Waals surface area contributed by atoms with E-state index in [4.69, 9.17) is 5.26 Å². The number of nitriles is 1. The van der Waals surface area contributed by atoms with Crippen LogP contribution >= 0.6 is 0 Å². The summed E-state index contributed by atoms with van der Waals surface area (Å²) < 4.78 is 26.8. The van der Waals surface area contributed by atoms with E-state index < -0.39 is 22.0 Å². The summed E-state index contributed by atoms with van der Waals surface area (Å²) in [6.45, 7) is 9.19. The van der Waals surface area contributed by atoms with E-state index >= 15 is 0 Å². The van der Waals surface area contributed by atoms with Gasteiger partial charge in [-0.1, -0.05) is 45.0 Å². The summed E-state index contributed by atoms with van der Waals surface area (Å²) in [5.41, 5.74) is 1.62. The highest BCUT2D eigenvalue weighted by atomic mass is 32.2. The van der Waals surface area contributed by atoms with E-state index in [-0.39, 0.29) is 11.2 Å². The fourth-order valence-corrected chi connectivity index (χ4v) is 3.30. The minimum atomic E-state index is -3.85. The van der Waals surface area contributed by atoms with Crippen LogP contribution in [0.15, 0.2) is 36.5 Å². The summed E-state index contributed by atoms with van der Waals surface area (Å²) in [7, 11) is -3.85. The van der Waals surface area contributed by atoms with E-state index in [0.29, 0.717) is 24.5 Å². The Kier molecular flexibility index (Phi) is 7.16. The normalized spacial score (nSPS) is 12.7. The fraction of sp³-hybridized carbons (Fsp3) is 0.429. The highest BCUT2D eigenvalue weighted by Gasteiger charge is 2.22. The molecule has 0 saturated heterocycles. The summed E-state index contributed by atoms with van der Waals surface area (Å²) in [4.78, 5) is 22.3. The molecule has 1 aromatic carbocycles. The van der Waals surface area contributed by atoms with Crippen LogP contribution in [0.2, 0.25) is 0 Å². The van der Waals surface area contributed by atoms with Crippen molar-refractivity contribution in [3.05, 3.63) is 53.5 Å². The van der Waals surface area contributed by atoms with Crippen LogP contribution in [0.3, 0.4) is 0 Å². The van der Waals surface area contributed by atoms with Crippen molar-refractivity contribution >= 4 is 21.9 Å². The van der Waals surface area contributed by atoms with Gasteiger partial charge in [0, 0.05) is 19.3 Å². The Balaban J connectivity index is 2.22. The molecule has 1 aromatic heterocycles. The molecule has 8 nitrogen and oxygen atoms in total. The Morgan fingerprint density at radius 1 is 1.23 bits per heavy atom. The molecule has 1 unspecified atom stereocenters. The minimum Gasteiger partial charge on any atom is -0.352 e. The maximum atomic E-state index is 12.0. The molecule has 2 rings (SSSR count). The van der Waals surface area contributed by atoms with Crippen molar-refractivity contribution in [2.45, 2.75) is 40.2 Å². The molecule has 9 heteroatoms. The molecule has 0 aliphatic carbocycles. The van der Waals surface area contributed by atoms with Gasteiger partial charge in [-0.2, -0.15) is 13.7 Å². The fourth-order valence-electron chi connectivity index (χ4n) is 2.86. The Bertz CT molecular complexity index is 1040. The van der Waals surface area contributed by atoms with Crippen LogP contribution in [-0.2, 0) is 25.6 Å². The Morgan fingerprint density at radius 3 is 2.40 bits per heavy atom. The first-order valence-electron chi connectivity index (χ1n) is 9.38. The van der Waals surface area contributed by atoms with E-state index in [0.717, 1.165) is 11.8 Å². The van der Waals surface area contributed by atoms with Crippen LogP contribution in [0.1, 0.15) is 50.6 Å². The van der Waals surface area contributed by atoms with Crippen molar-refractivity contribution in [2.75, 3.05) is 17.7 Å². The standard InChI is InChI=1S/C21H26N4O4S/c1-15(20(26)29-30(5,27)28)17-8-6-16(7-9-17)13-25(14-21(2,3)4)19-10-11-23-18(12-22)24-19/h6-11,15H,13-14H2,1-5H3. The summed E-state index contributed by atoms with van der Waals surface area (Å²) in [6.07, 6.45) is 2.41. The summed E-state index contributed by atoms with van der Waals surface area (Å²) in [5.74, 6) is -0.755. The number of rotatable bonds is 7. The van der Waals surface area contributed by atoms with Crippen LogP contribution in [0.4, 0.5) is 5.82 Å². The van der Waals surface area contributed by atoms with Crippen molar-refractivity contribution in [3.63, 3.8) is 0 Å². The SMILES string of the molecule is CC(C(=O)OS(C)(=O)=O)c1ccc(CN(CC(C)(C)C)c2ccnc(C#N)n2)cc1. The number of hydrogen-bond donors (Lipinski definition) is 0. The zero-order chi connectivity index (χ0) is 22.5. The van der Waals surface area contributed by atoms with E-state index in [1.165, 1.54) is 0 Å². The molecule has 160 valence electrons. The Hall–Kier alpha value is -2.99. The lowest BCUT2D eigenvalue weighted by Crippen LogP contribution is -2.33. The number of aromatic nitrogens is 2. The molecule has 30 heavy (non-hydrogen) atoms. The van der Waals surface area contributed by atoms with Gasteiger partial charge in [0.15, 0.2) is 0 Å². The van der Waals surface area contributed by atoms with Gasteiger partial charge in [-0.15, -0.1) is 0 Å². The zero-order valence-corrected chi connectivity index (χ0v) is 18.6. The van der Waals surface area contributed by atoms with Crippen molar-refractivity contribution in [2.24, 2.45) is 5.41 Å². The van der Waals surface area contributed by atoms with Gasteiger partial charge < -0.3 is 9.08 Å². The smallest absolute Gasteiger partial charge is 0.329 e.